The molecule has 4 fully saturated rings. The van der Waals surface area contributed by atoms with E-state index in [1.54, 1.807) is 12.1 Å². The molecular weight excluding hydrogens is 606 g/mol. The SMILES string of the molecule is O=C(N[C@@H](c1ccccc1)c1cccc(OCc2ccc(C(=O)NCc3ccc(C4OCCO4)cc3)cc2)c1)O[C@H]1CN2CCC1CC2. The Morgan fingerprint density at radius 1 is 0.812 bits per heavy atom. The third-order valence-corrected chi connectivity index (χ3v) is 9.39. The Hall–Kier alpha value is -4.70. The Balaban J connectivity index is 0.937. The molecule has 9 heteroatoms. The first kappa shape index (κ1) is 31.9. The number of rotatable bonds is 11. The number of carbonyl (C=O) groups excluding carboxylic acids is 2. The molecule has 9 nitrogen and oxygen atoms in total. The molecule has 0 saturated carbocycles. The fourth-order valence-corrected chi connectivity index (χ4v) is 6.67. The zero-order chi connectivity index (χ0) is 32.7. The normalized spacial score (nSPS) is 21.0. The molecule has 2 atom stereocenters. The average molecular weight is 648 g/mol. The predicted molar refractivity (Wildman–Crippen MR) is 180 cm³/mol. The zero-order valence-corrected chi connectivity index (χ0v) is 26.9. The summed E-state index contributed by atoms with van der Waals surface area (Å²) in [4.78, 5) is 28.3. The highest BCUT2D eigenvalue weighted by Gasteiger charge is 2.37. The summed E-state index contributed by atoms with van der Waals surface area (Å²) in [6, 6.07) is 32.5. The highest BCUT2D eigenvalue weighted by atomic mass is 16.7. The van der Waals surface area contributed by atoms with Gasteiger partial charge < -0.3 is 29.6 Å². The van der Waals surface area contributed by atoms with Crippen molar-refractivity contribution in [3.8, 4) is 5.75 Å². The van der Waals surface area contributed by atoms with Gasteiger partial charge in [-0.3, -0.25) is 9.69 Å². The van der Waals surface area contributed by atoms with Crippen molar-refractivity contribution in [2.45, 2.75) is 44.4 Å². The van der Waals surface area contributed by atoms with Crippen LogP contribution in [0, 0.1) is 5.92 Å². The number of ether oxygens (including phenoxy) is 4. The summed E-state index contributed by atoms with van der Waals surface area (Å²) in [5, 5.41) is 6.11. The lowest BCUT2D eigenvalue weighted by atomic mass is 9.86. The predicted octanol–water partition coefficient (Wildman–Crippen LogP) is 6.15. The topological polar surface area (TPSA) is 98.4 Å². The summed E-state index contributed by atoms with van der Waals surface area (Å²) in [5.74, 6) is 0.973. The van der Waals surface area contributed by atoms with E-state index in [-0.39, 0.29) is 18.3 Å². The molecule has 4 aliphatic rings. The van der Waals surface area contributed by atoms with Gasteiger partial charge in [-0.15, -0.1) is 0 Å². The van der Waals surface area contributed by atoms with Gasteiger partial charge in [0.15, 0.2) is 6.29 Å². The van der Waals surface area contributed by atoms with E-state index in [9.17, 15) is 9.59 Å². The number of nitrogens with one attached hydrogen (secondary N) is 2. The Bertz CT molecular complexity index is 1670. The molecular formula is C39H41N3O6. The molecule has 4 saturated heterocycles. The van der Waals surface area contributed by atoms with Crippen molar-refractivity contribution in [1.29, 1.82) is 0 Å². The van der Waals surface area contributed by atoms with E-state index in [2.05, 4.69) is 15.5 Å². The quantitative estimate of drug-likeness (QED) is 0.202. The molecule has 248 valence electrons. The summed E-state index contributed by atoms with van der Waals surface area (Å²) in [6.07, 6.45) is 1.39. The van der Waals surface area contributed by atoms with Gasteiger partial charge in [0.1, 0.15) is 18.5 Å². The van der Waals surface area contributed by atoms with Crippen molar-refractivity contribution in [2.75, 3.05) is 32.8 Å². The Morgan fingerprint density at radius 2 is 1.52 bits per heavy atom. The summed E-state index contributed by atoms with van der Waals surface area (Å²) in [7, 11) is 0. The van der Waals surface area contributed by atoms with Gasteiger partial charge in [-0.25, -0.2) is 4.79 Å². The maximum Gasteiger partial charge on any atom is 0.408 e. The van der Waals surface area contributed by atoms with Crippen molar-refractivity contribution < 1.29 is 28.5 Å². The van der Waals surface area contributed by atoms with Crippen LogP contribution in [0.5, 0.6) is 5.75 Å². The molecule has 0 radical (unpaired) electrons. The number of carbonyl (C=O) groups is 2. The molecule has 48 heavy (non-hydrogen) atoms. The molecule has 2 N–H and O–H groups in total. The average Bonchev–Trinajstić information content (AvgIpc) is 3.69. The maximum absolute atomic E-state index is 13.2. The number of piperidine rings is 3. The summed E-state index contributed by atoms with van der Waals surface area (Å²) in [6.45, 7) is 4.95. The number of fused-ring (bicyclic) bond motifs is 3. The lowest BCUT2D eigenvalue weighted by Crippen LogP contribution is -2.52. The molecule has 4 heterocycles. The Kier molecular flexibility index (Phi) is 9.98. The van der Waals surface area contributed by atoms with E-state index in [4.69, 9.17) is 18.9 Å². The highest BCUT2D eigenvalue weighted by molar-refractivity contribution is 5.94. The minimum Gasteiger partial charge on any atom is -0.489 e. The third-order valence-electron chi connectivity index (χ3n) is 9.39. The molecule has 0 aliphatic carbocycles. The second kappa shape index (κ2) is 15.0. The Labute approximate surface area is 281 Å². The molecule has 0 aromatic heterocycles. The monoisotopic (exact) mass is 647 g/mol. The number of amides is 2. The van der Waals surface area contributed by atoms with Gasteiger partial charge >= 0.3 is 6.09 Å². The fraction of sp³-hybridized carbons (Fsp3) is 0.333. The van der Waals surface area contributed by atoms with Crippen LogP contribution in [-0.2, 0) is 27.4 Å². The first-order valence-electron chi connectivity index (χ1n) is 16.7. The van der Waals surface area contributed by atoms with E-state index < -0.39 is 12.1 Å². The molecule has 2 amide bonds. The smallest absolute Gasteiger partial charge is 0.408 e. The molecule has 8 rings (SSSR count). The minimum atomic E-state index is -0.402. The van der Waals surface area contributed by atoms with Crippen LogP contribution in [0.3, 0.4) is 0 Å². The van der Waals surface area contributed by atoms with Gasteiger partial charge in [-0.1, -0.05) is 78.9 Å². The van der Waals surface area contributed by atoms with E-state index in [1.807, 2.05) is 91.0 Å². The summed E-state index contributed by atoms with van der Waals surface area (Å²) in [5.41, 5.74) is 5.33. The standard InChI is InChI=1S/C39H41N3O6/c43-37(40-24-27-9-15-32(16-10-27)38-45-21-22-46-38)31-13-11-28(12-14-31)26-47-34-8-4-7-33(23-34)36(30-5-2-1-3-6-30)41-39(44)48-35-25-42-19-17-29(35)18-20-42/h1-16,23,29,35-36,38H,17-22,24-26H2,(H,40,43)(H,41,44)/t35-,36-/m0/s1. The van der Waals surface area contributed by atoms with Crippen LogP contribution in [-0.4, -0.2) is 55.9 Å². The first-order valence-corrected chi connectivity index (χ1v) is 16.7. The van der Waals surface area contributed by atoms with Gasteiger partial charge in [-0.05, 0) is 78.4 Å². The highest BCUT2D eigenvalue weighted by Crippen LogP contribution is 2.31. The van der Waals surface area contributed by atoms with Gasteiger partial charge in [0.05, 0.1) is 19.3 Å². The lowest BCUT2D eigenvalue weighted by Gasteiger charge is -2.43. The van der Waals surface area contributed by atoms with Gasteiger partial charge in [0.2, 0.25) is 0 Å². The molecule has 0 spiro atoms. The van der Waals surface area contributed by atoms with Crippen LogP contribution in [0.1, 0.15) is 63.3 Å². The lowest BCUT2D eigenvalue weighted by molar-refractivity contribution is -0.0441. The summed E-state index contributed by atoms with van der Waals surface area (Å²) < 4.78 is 23.2. The van der Waals surface area contributed by atoms with Gasteiger partial charge in [0.25, 0.3) is 5.91 Å². The molecule has 4 aromatic carbocycles. The number of benzene rings is 4. The fourth-order valence-electron chi connectivity index (χ4n) is 6.67. The van der Waals surface area contributed by atoms with Crippen LogP contribution in [0.4, 0.5) is 4.79 Å². The van der Waals surface area contributed by atoms with Crippen LogP contribution < -0.4 is 15.4 Å². The maximum atomic E-state index is 13.2. The van der Waals surface area contributed by atoms with E-state index in [0.717, 1.165) is 60.3 Å². The van der Waals surface area contributed by atoms with Crippen LogP contribution in [0.25, 0.3) is 0 Å². The van der Waals surface area contributed by atoms with Gasteiger partial charge in [-0.2, -0.15) is 0 Å². The number of alkyl carbamates (subject to hydrolysis) is 1. The van der Waals surface area contributed by atoms with E-state index in [0.29, 0.717) is 43.6 Å². The Morgan fingerprint density at radius 3 is 2.23 bits per heavy atom. The third kappa shape index (κ3) is 7.87. The van der Waals surface area contributed by atoms with Crippen molar-refractivity contribution in [1.82, 2.24) is 15.5 Å². The second-order valence-electron chi connectivity index (χ2n) is 12.6. The molecule has 0 unspecified atom stereocenters. The summed E-state index contributed by atoms with van der Waals surface area (Å²) >= 11 is 0. The zero-order valence-electron chi connectivity index (χ0n) is 26.9. The minimum absolute atomic E-state index is 0.0683. The van der Waals surface area contributed by atoms with E-state index in [1.165, 1.54) is 0 Å². The molecule has 4 aliphatic heterocycles. The van der Waals surface area contributed by atoms with Crippen molar-refractivity contribution in [3.05, 3.63) is 137 Å². The van der Waals surface area contributed by atoms with Crippen molar-refractivity contribution >= 4 is 12.0 Å². The van der Waals surface area contributed by atoms with Crippen molar-refractivity contribution in [3.63, 3.8) is 0 Å². The molecule has 4 aromatic rings. The van der Waals surface area contributed by atoms with Crippen LogP contribution in [0.2, 0.25) is 0 Å². The van der Waals surface area contributed by atoms with Gasteiger partial charge in [0, 0.05) is 24.2 Å². The number of nitrogens with zero attached hydrogens (tertiary/aromatic N) is 1. The van der Waals surface area contributed by atoms with Crippen LogP contribution in [0.15, 0.2) is 103 Å². The van der Waals surface area contributed by atoms with Crippen LogP contribution >= 0.6 is 0 Å². The second-order valence-corrected chi connectivity index (χ2v) is 12.6. The first-order chi connectivity index (χ1) is 23.6. The number of hydrogen-bond donors (Lipinski definition) is 2. The largest absolute Gasteiger partial charge is 0.489 e. The number of hydrogen-bond acceptors (Lipinski definition) is 7. The van der Waals surface area contributed by atoms with E-state index >= 15 is 0 Å². The van der Waals surface area contributed by atoms with Crippen molar-refractivity contribution in [2.24, 2.45) is 5.92 Å². The molecule has 2 bridgehead atoms.